The first-order chi connectivity index (χ1) is 8.25. The maximum atomic E-state index is 5.48. The minimum absolute atomic E-state index is 0.576. The van der Waals surface area contributed by atoms with Gasteiger partial charge in [0.2, 0.25) is 0 Å². The Morgan fingerprint density at radius 2 is 2.00 bits per heavy atom. The Bertz CT molecular complexity index is 209. The molecule has 0 aromatic heterocycles. The maximum Gasteiger partial charge on any atom is 0.0620 e. The molecule has 2 rings (SSSR count). The van der Waals surface area contributed by atoms with Gasteiger partial charge in [0, 0.05) is 44.8 Å². The zero-order chi connectivity index (χ0) is 12.1. The van der Waals surface area contributed by atoms with Crippen LogP contribution in [0.25, 0.3) is 0 Å². The van der Waals surface area contributed by atoms with Gasteiger partial charge < -0.3 is 15.0 Å². The van der Waals surface area contributed by atoms with Gasteiger partial charge in [0.1, 0.15) is 0 Å². The first-order valence-corrected chi connectivity index (χ1v) is 7.03. The molecule has 0 aromatic carbocycles. The summed E-state index contributed by atoms with van der Waals surface area (Å²) in [6.45, 7) is 13.5. The molecule has 0 aromatic rings. The Morgan fingerprint density at radius 1 is 1.24 bits per heavy atom. The second kappa shape index (κ2) is 6.69. The van der Waals surface area contributed by atoms with Gasteiger partial charge in [0.25, 0.3) is 0 Å². The average molecular weight is 241 g/mol. The zero-order valence-electron chi connectivity index (χ0n) is 11.3. The van der Waals surface area contributed by atoms with Crippen molar-refractivity contribution in [1.82, 2.24) is 15.1 Å². The average Bonchev–Trinajstić information content (AvgIpc) is 2.38. The minimum atomic E-state index is 0.576. The third-order valence-corrected chi connectivity index (χ3v) is 3.93. The summed E-state index contributed by atoms with van der Waals surface area (Å²) in [6.07, 6.45) is 1.22. The smallest absolute Gasteiger partial charge is 0.0620 e. The Hall–Kier alpha value is -0.160. The van der Waals surface area contributed by atoms with Crippen LogP contribution in [0.5, 0.6) is 0 Å². The van der Waals surface area contributed by atoms with E-state index < -0.39 is 0 Å². The van der Waals surface area contributed by atoms with Crippen molar-refractivity contribution in [2.45, 2.75) is 32.4 Å². The van der Waals surface area contributed by atoms with Crippen LogP contribution in [-0.2, 0) is 4.74 Å². The summed E-state index contributed by atoms with van der Waals surface area (Å²) >= 11 is 0. The number of rotatable bonds is 4. The van der Waals surface area contributed by atoms with E-state index in [9.17, 15) is 0 Å². The quantitative estimate of drug-likeness (QED) is 0.771. The Kier molecular flexibility index (Phi) is 5.22. The van der Waals surface area contributed by atoms with Crippen LogP contribution < -0.4 is 5.32 Å². The van der Waals surface area contributed by atoms with Crippen molar-refractivity contribution < 1.29 is 4.74 Å². The van der Waals surface area contributed by atoms with E-state index in [4.69, 9.17) is 4.74 Å². The van der Waals surface area contributed by atoms with Gasteiger partial charge in [-0.05, 0) is 26.8 Å². The lowest BCUT2D eigenvalue weighted by Gasteiger charge is -2.37. The molecular formula is C13H27N3O. The van der Waals surface area contributed by atoms with E-state index in [1.807, 2.05) is 0 Å². The highest BCUT2D eigenvalue weighted by atomic mass is 16.5. The van der Waals surface area contributed by atoms with E-state index in [2.05, 4.69) is 29.0 Å². The van der Waals surface area contributed by atoms with Crippen molar-refractivity contribution in [3.63, 3.8) is 0 Å². The Morgan fingerprint density at radius 3 is 2.59 bits per heavy atom. The monoisotopic (exact) mass is 241 g/mol. The van der Waals surface area contributed by atoms with Crippen LogP contribution in [0.2, 0.25) is 0 Å². The number of piperazine rings is 1. The Balaban J connectivity index is 1.61. The van der Waals surface area contributed by atoms with Gasteiger partial charge in [0.15, 0.2) is 0 Å². The van der Waals surface area contributed by atoms with Crippen molar-refractivity contribution in [2.75, 3.05) is 52.5 Å². The molecule has 0 saturated carbocycles. The van der Waals surface area contributed by atoms with Crippen LogP contribution in [0.3, 0.4) is 0 Å². The molecule has 17 heavy (non-hydrogen) atoms. The highest BCUT2D eigenvalue weighted by Gasteiger charge is 2.20. The van der Waals surface area contributed by atoms with E-state index in [1.165, 1.54) is 39.1 Å². The van der Waals surface area contributed by atoms with E-state index in [1.54, 1.807) is 0 Å². The van der Waals surface area contributed by atoms with Crippen molar-refractivity contribution >= 4 is 0 Å². The van der Waals surface area contributed by atoms with Crippen LogP contribution in [0.15, 0.2) is 0 Å². The predicted octanol–water partition coefficient (Wildman–Crippen LogP) is 0.391. The number of nitrogens with zero attached hydrogens (tertiary/aromatic N) is 2. The summed E-state index contributed by atoms with van der Waals surface area (Å²) in [5.41, 5.74) is 0. The molecule has 1 atom stereocenters. The molecule has 1 unspecified atom stereocenters. The second-order valence-electron chi connectivity index (χ2n) is 5.49. The number of hydrogen-bond donors (Lipinski definition) is 1. The van der Waals surface area contributed by atoms with E-state index in [0.717, 1.165) is 19.8 Å². The molecule has 2 heterocycles. The predicted molar refractivity (Wildman–Crippen MR) is 70.4 cm³/mol. The minimum Gasteiger partial charge on any atom is -0.379 e. The number of morpholine rings is 1. The van der Waals surface area contributed by atoms with Gasteiger partial charge in [-0.3, -0.25) is 4.90 Å². The van der Waals surface area contributed by atoms with Crippen LogP contribution in [0.1, 0.15) is 20.3 Å². The second-order valence-corrected chi connectivity index (χ2v) is 5.49. The molecule has 0 bridgehead atoms. The van der Waals surface area contributed by atoms with Crippen molar-refractivity contribution in [2.24, 2.45) is 0 Å². The van der Waals surface area contributed by atoms with Crippen LogP contribution in [0.4, 0.5) is 0 Å². The topological polar surface area (TPSA) is 27.7 Å². The fourth-order valence-corrected chi connectivity index (χ4v) is 2.65. The normalized spacial score (nSPS) is 28.8. The van der Waals surface area contributed by atoms with Crippen LogP contribution in [-0.4, -0.2) is 74.4 Å². The fraction of sp³-hybridized carbons (Fsp3) is 1.00. The summed E-state index contributed by atoms with van der Waals surface area (Å²) in [7, 11) is 0. The number of ether oxygens (including phenoxy) is 1. The molecule has 0 radical (unpaired) electrons. The SMILES string of the molecule is CC(C)N1CCN(CCC2COCCN2)CC1. The lowest BCUT2D eigenvalue weighted by Crippen LogP contribution is -2.50. The van der Waals surface area contributed by atoms with Gasteiger partial charge in [0.05, 0.1) is 13.2 Å². The van der Waals surface area contributed by atoms with Gasteiger partial charge in [-0.15, -0.1) is 0 Å². The van der Waals surface area contributed by atoms with Crippen molar-refractivity contribution in [3.05, 3.63) is 0 Å². The van der Waals surface area contributed by atoms with E-state index in [0.29, 0.717) is 12.1 Å². The Labute approximate surface area is 105 Å². The van der Waals surface area contributed by atoms with Gasteiger partial charge in [-0.2, -0.15) is 0 Å². The highest BCUT2D eigenvalue weighted by Crippen LogP contribution is 2.07. The summed E-state index contributed by atoms with van der Waals surface area (Å²) < 4.78 is 5.48. The maximum absolute atomic E-state index is 5.48. The van der Waals surface area contributed by atoms with Gasteiger partial charge in [-0.25, -0.2) is 0 Å². The molecule has 0 aliphatic carbocycles. The van der Waals surface area contributed by atoms with Crippen molar-refractivity contribution in [3.8, 4) is 0 Å². The van der Waals surface area contributed by atoms with E-state index in [-0.39, 0.29) is 0 Å². The summed E-state index contributed by atoms with van der Waals surface area (Å²) in [4.78, 5) is 5.16. The summed E-state index contributed by atoms with van der Waals surface area (Å²) in [5.74, 6) is 0. The fourth-order valence-electron chi connectivity index (χ4n) is 2.65. The van der Waals surface area contributed by atoms with E-state index >= 15 is 0 Å². The lowest BCUT2D eigenvalue weighted by atomic mass is 10.1. The van der Waals surface area contributed by atoms with Crippen LogP contribution >= 0.6 is 0 Å². The molecule has 2 saturated heterocycles. The lowest BCUT2D eigenvalue weighted by molar-refractivity contribution is 0.0626. The first-order valence-electron chi connectivity index (χ1n) is 7.03. The van der Waals surface area contributed by atoms with Gasteiger partial charge in [-0.1, -0.05) is 0 Å². The van der Waals surface area contributed by atoms with Crippen molar-refractivity contribution in [1.29, 1.82) is 0 Å². The molecule has 4 nitrogen and oxygen atoms in total. The third-order valence-electron chi connectivity index (χ3n) is 3.93. The summed E-state index contributed by atoms with van der Waals surface area (Å²) in [5, 5.41) is 3.52. The molecule has 1 N–H and O–H groups in total. The highest BCUT2D eigenvalue weighted by molar-refractivity contribution is 4.77. The number of nitrogens with one attached hydrogen (secondary N) is 1. The zero-order valence-corrected chi connectivity index (χ0v) is 11.3. The van der Waals surface area contributed by atoms with Gasteiger partial charge >= 0.3 is 0 Å². The summed E-state index contributed by atoms with van der Waals surface area (Å²) in [6, 6.07) is 1.28. The van der Waals surface area contributed by atoms with Crippen LogP contribution in [0, 0.1) is 0 Å². The molecular weight excluding hydrogens is 214 g/mol. The largest absolute Gasteiger partial charge is 0.379 e. The molecule has 4 heteroatoms. The third kappa shape index (κ3) is 4.21. The molecule has 2 aliphatic rings. The molecule has 2 fully saturated rings. The standard InChI is InChI=1S/C13H27N3O/c1-12(2)16-8-6-15(7-9-16)5-3-13-11-17-10-4-14-13/h12-14H,3-11H2,1-2H3. The molecule has 100 valence electrons. The molecule has 0 amide bonds. The molecule has 2 aliphatic heterocycles. The number of hydrogen-bond acceptors (Lipinski definition) is 4. The molecule has 0 spiro atoms. The first kappa shape index (κ1) is 13.3.